The second kappa shape index (κ2) is 7.10. The number of hydrogen-bond acceptors (Lipinski definition) is 4. The van der Waals surface area contributed by atoms with Gasteiger partial charge < -0.3 is 4.90 Å². The van der Waals surface area contributed by atoms with E-state index in [2.05, 4.69) is 4.99 Å². The number of anilines is 1. The number of halogens is 2. The summed E-state index contributed by atoms with van der Waals surface area (Å²) >= 11 is 13.7. The molecule has 2 saturated heterocycles. The molecule has 3 unspecified atom stereocenters. The molecule has 0 saturated carbocycles. The molecule has 25 heavy (non-hydrogen) atoms. The number of amides is 1. The van der Waals surface area contributed by atoms with Gasteiger partial charge in [0.2, 0.25) is 0 Å². The molecule has 2 aliphatic rings. The first-order valence-corrected chi connectivity index (χ1v) is 11.4. The van der Waals surface area contributed by atoms with E-state index in [9.17, 15) is 13.2 Å². The molecule has 2 heterocycles. The normalized spacial score (nSPS) is 27.5. The van der Waals surface area contributed by atoms with Gasteiger partial charge in [-0.3, -0.25) is 4.79 Å². The lowest BCUT2D eigenvalue weighted by Crippen LogP contribution is -2.38. The van der Waals surface area contributed by atoms with Crippen molar-refractivity contribution in [3.63, 3.8) is 0 Å². The monoisotopic (exact) mass is 420 g/mol. The van der Waals surface area contributed by atoms with Crippen LogP contribution in [0.1, 0.15) is 20.3 Å². The Balaban J connectivity index is 2.04. The maximum absolute atomic E-state index is 12.3. The van der Waals surface area contributed by atoms with Gasteiger partial charge in [0.1, 0.15) is 0 Å². The zero-order valence-electron chi connectivity index (χ0n) is 13.8. The third-order valence-corrected chi connectivity index (χ3v) is 8.22. The Labute approximate surface area is 161 Å². The van der Waals surface area contributed by atoms with Crippen molar-refractivity contribution >= 4 is 61.6 Å². The second-order valence-corrected chi connectivity index (χ2v) is 10.5. The van der Waals surface area contributed by atoms with E-state index in [1.807, 2.05) is 13.8 Å². The van der Waals surface area contributed by atoms with Crippen LogP contribution < -0.4 is 4.90 Å². The van der Waals surface area contributed by atoms with Crippen molar-refractivity contribution in [2.45, 2.75) is 31.6 Å². The van der Waals surface area contributed by atoms with Crippen LogP contribution in [0.2, 0.25) is 10.0 Å². The molecular formula is C16H18Cl2N2O3S2. The molecule has 2 fully saturated rings. The number of benzene rings is 1. The molecule has 9 heteroatoms. The van der Waals surface area contributed by atoms with Crippen LogP contribution >= 0.6 is 35.0 Å². The van der Waals surface area contributed by atoms with Crippen LogP contribution in [0, 0.1) is 5.92 Å². The van der Waals surface area contributed by atoms with Gasteiger partial charge in [-0.25, -0.2) is 8.42 Å². The molecule has 0 aromatic heterocycles. The highest BCUT2D eigenvalue weighted by atomic mass is 35.5. The van der Waals surface area contributed by atoms with Gasteiger partial charge in [0.05, 0.1) is 28.3 Å². The Bertz CT molecular complexity index is 842. The van der Waals surface area contributed by atoms with Gasteiger partial charge in [-0.2, -0.15) is 4.99 Å². The van der Waals surface area contributed by atoms with Gasteiger partial charge in [-0.05, 0) is 24.6 Å². The van der Waals surface area contributed by atoms with Crippen molar-refractivity contribution in [2.24, 2.45) is 10.9 Å². The fourth-order valence-electron chi connectivity index (χ4n) is 2.90. The molecule has 0 N–H and O–H groups in total. The highest BCUT2D eigenvalue weighted by molar-refractivity contribution is 8.16. The molecule has 2 aliphatic heterocycles. The maximum atomic E-state index is 12.3. The number of fused-ring (bicyclic) bond motifs is 1. The first kappa shape index (κ1) is 19.0. The first-order valence-electron chi connectivity index (χ1n) is 7.95. The summed E-state index contributed by atoms with van der Waals surface area (Å²) in [6, 6.07) is 4.76. The largest absolute Gasteiger partial charge is 0.314 e. The molecule has 0 spiro atoms. The lowest BCUT2D eigenvalue weighted by molar-refractivity contribution is -0.121. The zero-order valence-corrected chi connectivity index (χ0v) is 16.9. The predicted molar refractivity (Wildman–Crippen MR) is 105 cm³/mol. The van der Waals surface area contributed by atoms with Gasteiger partial charge in [0.25, 0.3) is 5.91 Å². The van der Waals surface area contributed by atoms with E-state index >= 15 is 0 Å². The summed E-state index contributed by atoms with van der Waals surface area (Å²) in [5.74, 6) is -0.275. The molecule has 0 bridgehead atoms. The Kier molecular flexibility index (Phi) is 5.40. The lowest BCUT2D eigenvalue weighted by Gasteiger charge is -2.25. The minimum Gasteiger partial charge on any atom is -0.314 e. The van der Waals surface area contributed by atoms with E-state index in [1.165, 1.54) is 11.8 Å². The zero-order chi connectivity index (χ0) is 18.4. The molecule has 1 aromatic rings. The van der Waals surface area contributed by atoms with Crippen LogP contribution in [-0.2, 0) is 14.6 Å². The van der Waals surface area contributed by atoms with Crippen molar-refractivity contribution < 1.29 is 13.2 Å². The van der Waals surface area contributed by atoms with Gasteiger partial charge in [-0.15, -0.1) is 0 Å². The number of thioether (sulfide) groups is 1. The fraction of sp³-hybridized carbons (Fsp3) is 0.500. The van der Waals surface area contributed by atoms with Crippen LogP contribution in [-0.4, -0.2) is 42.3 Å². The van der Waals surface area contributed by atoms with Crippen molar-refractivity contribution in [2.75, 3.05) is 16.4 Å². The minimum atomic E-state index is -3.11. The fourth-order valence-corrected chi connectivity index (χ4v) is 7.31. The number of carbonyl (C=O) groups excluding carboxylic acids is 1. The van der Waals surface area contributed by atoms with E-state index in [0.29, 0.717) is 27.3 Å². The second-order valence-electron chi connectivity index (χ2n) is 6.31. The summed E-state index contributed by atoms with van der Waals surface area (Å²) < 4.78 is 24.1. The molecule has 3 rings (SSSR count). The molecule has 5 nitrogen and oxygen atoms in total. The number of nitrogens with zero attached hydrogens (tertiary/aromatic N) is 2. The standard InChI is InChI=1S/C16H18Cl2N2O3S2/c1-3-9(2)15(21)19-16-20(12-5-4-10(17)6-11(12)18)13-7-25(22,23)8-14(13)24-16/h4-6,9,13-14H,3,7-8H2,1-2H3. The molecule has 3 atom stereocenters. The van der Waals surface area contributed by atoms with E-state index in [4.69, 9.17) is 23.2 Å². The number of sulfone groups is 1. The predicted octanol–water partition coefficient (Wildman–Crippen LogP) is 3.64. The average molecular weight is 421 g/mol. The van der Waals surface area contributed by atoms with E-state index in [0.717, 1.165) is 0 Å². The van der Waals surface area contributed by atoms with Crippen molar-refractivity contribution in [1.82, 2.24) is 0 Å². The number of carbonyl (C=O) groups is 1. The Morgan fingerprint density at radius 1 is 1.40 bits per heavy atom. The molecule has 1 amide bonds. The number of rotatable bonds is 3. The summed E-state index contributed by atoms with van der Waals surface area (Å²) in [7, 11) is -3.11. The minimum absolute atomic E-state index is 0.0279. The topological polar surface area (TPSA) is 66.8 Å². The molecule has 0 radical (unpaired) electrons. The third kappa shape index (κ3) is 3.84. The molecule has 1 aromatic carbocycles. The van der Waals surface area contributed by atoms with Crippen LogP contribution in [0.15, 0.2) is 23.2 Å². The van der Waals surface area contributed by atoms with Crippen LogP contribution in [0.4, 0.5) is 5.69 Å². The lowest BCUT2D eigenvalue weighted by atomic mass is 10.1. The molecule has 136 valence electrons. The van der Waals surface area contributed by atoms with Crippen molar-refractivity contribution in [3.05, 3.63) is 28.2 Å². The Hall–Kier alpha value is -0.760. The van der Waals surface area contributed by atoms with Crippen molar-refractivity contribution in [1.29, 1.82) is 0 Å². The Morgan fingerprint density at radius 2 is 2.12 bits per heavy atom. The highest BCUT2D eigenvalue weighted by Gasteiger charge is 2.49. The third-order valence-electron chi connectivity index (χ3n) is 4.48. The SMILES string of the molecule is CCC(C)C(=O)N=C1SC2CS(=O)(=O)CC2N1c1ccc(Cl)cc1Cl. The number of aliphatic imine (C=N–C) groups is 1. The summed E-state index contributed by atoms with van der Waals surface area (Å²) in [4.78, 5) is 18.4. The average Bonchev–Trinajstić information content (AvgIpc) is 2.98. The summed E-state index contributed by atoms with van der Waals surface area (Å²) in [5, 5.41) is 1.26. The van der Waals surface area contributed by atoms with Gasteiger partial charge >= 0.3 is 0 Å². The summed E-state index contributed by atoms with van der Waals surface area (Å²) in [6.45, 7) is 3.76. The van der Waals surface area contributed by atoms with Crippen LogP contribution in [0.25, 0.3) is 0 Å². The molecule has 0 aliphatic carbocycles. The number of hydrogen-bond donors (Lipinski definition) is 0. The molecular weight excluding hydrogens is 403 g/mol. The van der Waals surface area contributed by atoms with E-state index in [1.54, 1.807) is 23.1 Å². The van der Waals surface area contributed by atoms with Crippen LogP contribution in [0.3, 0.4) is 0 Å². The van der Waals surface area contributed by atoms with Gasteiger partial charge in [-0.1, -0.05) is 48.8 Å². The first-order chi connectivity index (χ1) is 11.7. The van der Waals surface area contributed by atoms with Crippen molar-refractivity contribution in [3.8, 4) is 0 Å². The van der Waals surface area contributed by atoms with Gasteiger partial charge in [0, 0.05) is 16.2 Å². The van der Waals surface area contributed by atoms with Gasteiger partial charge in [0.15, 0.2) is 15.0 Å². The Morgan fingerprint density at radius 3 is 2.76 bits per heavy atom. The summed E-state index contributed by atoms with van der Waals surface area (Å²) in [5.41, 5.74) is 0.624. The van der Waals surface area contributed by atoms with Crippen LogP contribution in [0.5, 0.6) is 0 Å². The maximum Gasteiger partial charge on any atom is 0.250 e. The smallest absolute Gasteiger partial charge is 0.250 e. The highest BCUT2D eigenvalue weighted by Crippen LogP contribution is 2.43. The quantitative estimate of drug-likeness (QED) is 0.746. The summed E-state index contributed by atoms with van der Waals surface area (Å²) in [6.07, 6.45) is 0.698. The number of amidine groups is 1. The van der Waals surface area contributed by atoms with E-state index in [-0.39, 0.29) is 34.6 Å². The van der Waals surface area contributed by atoms with E-state index < -0.39 is 9.84 Å².